The van der Waals surface area contributed by atoms with E-state index in [2.05, 4.69) is 70.3 Å². The second-order valence-corrected chi connectivity index (χ2v) is 20.1. The van der Waals surface area contributed by atoms with Crippen molar-refractivity contribution < 1.29 is 27.6 Å². The number of imidazole rings is 1. The number of nitrogen functional groups attached to an aromatic ring is 1. The molecule has 0 aliphatic carbocycles. The number of hydrogen-bond acceptors (Lipinski definition) is 9. The first-order chi connectivity index (χ1) is 17.7. The number of carboxylic acids is 1. The smallest absolute Gasteiger partial charge is 0.335 e. The minimum atomic E-state index is -3.04. The van der Waals surface area contributed by atoms with E-state index in [1.54, 1.807) is 0 Å². The lowest BCUT2D eigenvalue weighted by Gasteiger charge is -2.51. The Labute approximate surface area is 224 Å². The Bertz CT molecular complexity index is 1270. The molecule has 0 radical (unpaired) electrons. The molecule has 0 aromatic carbocycles. The van der Waals surface area contributed by atoms with Crippen LogP contribution in [0.5, 0.6) is 0 Å². The fourth-order valence-corrected chi connectivity index (χ4v) is 16.9. The van der Waals surface area contributed by atoms with Crippen LogP contribution in [0.4, 0.5) is 5.95 Å². The van der Waals surface area contributed by atoms with Crippen LogP contribution in [0, 0.1) is 0 Å². The van der Waals surface area contributed by atoms with Gasteiger partial charge in [0.05, 0.1) is 12.9 Å². The molecule has 3 atom stereocenters. The predicted octanol–water partition coefficient (Wildman–Crippen LogP) is 3.57. The van der Waals surface area contributed by atoms with Gasteiger partial charge in [-0.15, -0.1) is 0 Å². The van der Waals surface area contributed by atoms with Gasteiger partial charge in [-0.05, 0) is 22.2 Å². The molecular weight excluding hydrogens is 526 g/mol. The normalized spacial score (nSPS) is 26.4. The van der Waals surface area contributed by atoms with Gasteiger partial charge in [-0.3, -0.25) is 14.3 Å². The van der Waals surface area contributed by atoms with Crippen LogP contribution in [0.1, 0.15) is 61.6 Å². The van der Waals surface area contributed by atoms with Gasteiger partial charge < -0.3 is 28.5 Å². The Hall–Kier alpha value is -2.37. The third-order valence-electron chi connectivity index (χ3n) is 7.57. The number of aromatic nitrogens is 4. The maximum atomic E-state index is 12.4. The van der Waals surface area contributed by atoms with Gasteiger partial charge in [0.15, 0.2) is 17.4 Å². The minimum absolute atomic E-state index is 0.0495. The van der Waals surface area contributed by atoms with Crippen LogP contribution in [0.15, 0.2) is 22.8 Å². The lowest BCUT2D eigenvalue weighted by Crippen LogP contribution is -2.65. The summed E-state index contributed by atoms with van der Waals surface area (Å²) < 4.78 is 29.0. The molecule has 2 aliphatic rings. The highest BCUT2D eigenvalue weighted by atomic mass is 28.5. The zero-order chi connectivity index (χ0) is 28.2. The standard InChI is InChI=1S/C24H39N5O7Si2/c1-12(2)37(13(3)4)33-10-17-20(35-38(36-37,14(5)6)15(7)8)16(9-18(30)31)23(34-17)29-11-26-19-21(29)27-24(25)28-22(19)32/h9,11-15,17,20,23H,10H2,1-8H3,(H,30,31)(H3,25,27,28,32)/t17-,20+,23-/m1/s1. The van der Waals surface area contributed by atoms with Crippen molar-refractivity contribution in [1.82, 2.24) is 19.5 Å². The molecule has 2 fully saturated rings. The molecule has 210 valence electrons. The zero-order valence-electron chi connectivity index (χ0n) is 23.2. The quantitative estimate of drug-likeness (QED) is 0.348. The van der Waals surface area contributed by atoms with Crippen molar-refractivity contribution in [3.05, 3.63) is 28.3 Å². The van der Waals surface area contributed by atoms with Gasteiger partial charge in [0.2, 0.25) is 5.95 Å². The van der Waals surface area contributed by atoms with E-state index in [1.165, 1.54) is 10.9 Å². The number of aliphatic carboxylic acids is 1. The largest absolute Gasteiger partial charge is 0.478 e. The topological polar surface area (TPSA) is 164 Å². The number of ether oxygens (including phenoxy) is 1. The Morgan fingerprint density at radius 3 is 2.29 bits per heavy atom. The lowest BCUT2D eigenvalue weighted by molar-refractivity contribution is -0.131. The van der Waals surface area contributed by atoms with Crippen molar-refractivity contribution in [1.29, 1.82) is 0 Å². The summed E-state index contributed by atoms with van der Waals surface area (Å²) in [6.45, 7) is 17.1. The first kappa shape index (κ1) is 28.6. The molecule has 4 heterocycles. The third-order valence-corrected chi connectivity index (χ3v) is 17.8. The van der Waals surface area contributed by atoms with E-state index in [0.717, 1.165) is 6.08 Å². The van der Waals surface area contributed by atoms with Crippen LogP contribution in [-0.2, 0) is 22.5 Å². The van der Waals surface area contributed by atoms with Gasteiger partial charge in [-0.2, -0.15) is 4.98 Å². The number of rotatable bonds is 6. The number of nitrogens with one attached hydrogen (secondary N) is 1. The van der Waals surface area contributed by atoms with Crippen LogP contribution >= 0.6 is 0 Å². The number of nitrogens with zero attached hydrogens (tertiary/aromatic N) is 3. The molecule has 0 bridgehead atoms. The summed E-state index contributed by atoms with van der Waals surface area (Å²) in [6, 6.07) is 0. The third kappa shape index (κ3) is 4.66. The van der Waals surface area contributed by atoms with Crippen LogP contribution in [0.25, 0.3) is 11.2 Å². The molecule has 4 N–H and O–H groups in total. The maximum Gasteiger partial charge on any atom is 0.335 e. The molecule has 2 aliphatic heterocycles. The molecule has 2 saturated heterocycles. The van der Waals surface area contributed by atoms with Gasteiger partial charge in [-0.1, -0.05) is 55.4 Å². The number of H-pyrrole nitrogens is 1. The van der Waals surface area contributed by atoms with Crippen molar-refractivity contribution in [2.75, 3.05) is 12.3 Å². The lowest BCUT2D eigenvalue weighted by atomic mass is 10.1. The van der Waals surface area contributed by atoms with E-state index >= 15 is 0 Å². The molecule has 0 saturated carbocycles. The second-order valence-electron chi connectivity index (χ2n) is 11.3. The van der Waals surface area contributed by atoms with Crippen molar-refractivity contribution in [3.63, 3.8) is 0 Å². The monoisotopic (exact) mass is 565 g/mol. The number of carboxylic acid groups (broad SMARTS) is 1. The molecule has 0 spiro atoms. The fraction of sp³-hybridized carbons (Fsp3) is 0.667. The summed E-state index contributed by atoms with van der Waals surface area (Å²) in [5.41, 5.74) is 6.33. The number of hydrogen-bond donors (Lipinski definition) is 3. The number of aromatic amines is 1. The van der Waals surface area contributed by atoms with Crippen molar-refractivity contribution >= 4 is 40.2 Å². The first-order valence-electron chi connectivity index (χ1n) is 13.1. The second kappa shape index (κ2) is 10.3. The summed E-state index contributed by atoms with van der Waals surface area (Å²) in [4.78, 5) is 35.3. The Morgan fingerprint density at radius 1 is 1.13 bits per heavy atom. The Kier molecular flexibility index (Phi) is 7.77. The van der Waals surface area contributed by atoms with Crippen LogP contribution in [0.2, 0.25) is 22.2 Å². The summed E-state index contributed by atoms with van der Waals surface area (Å²) in [5, 5.41) is 9.84. The molecule has 0 unspecified atom stereocenters. The van der Waals surface area contributed by atoms with Crippen molar-refractivity contribution in [2.24, 2.45) is 0 Å². The van der Waals surface area contributed by atoms with Gasteiger partial charge >= 0.3 is 23.1 Å². The van der Waals surface area contributed by atoms with E-state index in [0.29, 0.717) is 5.57 Å². The average molecular weight is 566 g/mol. The highest BCUT2D eigenvalue weighted by Crippen LogP contribution is 2.49. The Morgan fingerprint density at radius 2 is 1.74 bits per heavy atom. The zero-order valence-corrected chi connectivity index (χ0v) is 25.2. The van der Waals surface area contributed by atoms with Crippen molar-refractivity contribution in [3.8, 4) is 0 Å². The molecule has 0 amide bonds. The minimum Gasteiger partial charge on any atom is -0.478 e. The number of fused-ring (bicyclic) bond motifs is 2. The molecular formula is C24H39N5O7Si2. The summed E-state index contributed by atoms with van der Waals surface area (Å²) >= 11 is 0. The van der Waals surface area contributed by atoms with Gasteiger partial charge in [0, 0.05) is 11.6 Å². The highest BCUT2D eigenvalue weighted by molar-refractivity contribution is 6.84. The van der Waals surface area contributed by atoms with E-state index in [1.807, 2.05) is 0 Å². The molecule has 14 heteroatoms. The van der Waals surface area contributed by atoms with Gasteiger partial charge in [0.25, 0.3) is 5.56 Å². The van der Waals surface area contributed by atoms with E-state index in [4.69, 9.17) is 23.4 Å². The van der Waals surface area contributed by atoms with Gasteiger partial charge in [0.1, 0.15) is 12.2 Å². The summed E-state index contributed by atoms with van der Waals surface area (Å²) in [6.07, 6.45) is 0.215. The number of nitrogens with two attached hydrogens (primary N) is 1. The van der Waals surface area contributed by atoms with E-state index in [-0.39, 0.29) is 45.9 Å². The van der Waals surface area contributed by atoms with Crippen LogP contribution in [-0.4, -0.2) is 66.5 Å². The molecule has 4 rings (SSSR count). The van der Waals surface area contributed by atoms with E-state index in [9.17, 15) is 14.7 Å². The Balaban J connectivity index is 1.90. The first-order valence-corrected chi connectivity index (χ1v) is 17.0. The van der Waals surface area contributed by atoms with Crippen LogP contribution in [0.3, 0.4) is 0 Å². The highest BCUT2D eigenvalue weighted by Gasteiger charge is 2.61. The SMILES string of the molecule is CC(C)[Si]1(C(C)C)OC[C@H]2O[C@@H](n3cnc4c(=O)[nH]c(N)nc43)C(=CC(=O)O)[C@@H]2O[Si](C(C)C)(C(C)C)O1. The van der Waals surface area contributed by atoms with E-state index < -0.39 is 47.1 Å². The number of anilines is 1. The maximum absolute atomic E-state index is 12.4. The summed E-state index contributed by atoms with van der Waals surface area (Å²) in [5.74, 6) is -1.23. The molecule has 38 heavy (non-hydrogen) atoms. The van der Waals surface area contributed by atoms with Gasteiger partial charge in [-0.25, -0.2) is 9.78 Å². The van der Waals surface area contributed by atoms with Crippen molar-refractivity contribution in [2.45, 2.75) is 96.0 Å². The molecule has 2 aromatic heterocycles. The fourth-order valence-electron chi connectivity index (χ4n) is 5.70. The predicted molar refractivity (Wildman–Crippen MR) is 146 cm³/mol. The number of carbonyl (C=O) groups is 1. The summed E-state index contributed by atoms with van der Waals surface area (Å²) in [7, 11) is -5.85. The molecule has 12 nitrogen and oxygen atoms in total. The average Bonchev–Trinajstić information content (AvgIpc) is 3.34. The molecule has 2 aromatic rings. The van der Waals surface area contributed by atoms with Crippen LogP contribution < -0.4 is 11.3 Å².